The van der Waals surface area contributed by atoms with E-state index in [-0.39, 0.29) is 17.9 Å². The van der Waals surface area contributed by atoms with Crippen molar-refractivity contribution in [1.82, 2.24) is 10.2 Å². The molecule has 1 N–H and O–H groups in total. The van der Waals surface area contributed by atoms with Crippen LogP contribution in [-0.2, 0) is 4.79 Å². The van der Waals surface area contributed by atoms with Crippen molar-refractivity contribution in [3.63, 3.8) is 0 Å². The molecule has 1 rings (SSSR count). The Labute approximate surface area is 109 Å². The smallest absolute Gasteiger partial charge is 0.323 e. The second kappa shape index (κ2) is 5.76. The lowest BCUT2D eigenvalue weighted by molar-refractivity contribution is -0.131. The quantitative estimate of drug-likeness (QED) is 0.566. The lowest BCUT2D eigenvalue weighted by Crippen LogP contribution is -2.43. The highest BCUT2D eigenvalue weighted by atomic mass is 32.1. The number of thiol groups is 1. The number of nitrogens with one attached hydrogen (secondary N) is 1. The number of rotatable bonds is 6. The summed E-state index contributed by atoms with van der Waals surface area (Å²) in [5.41, 5.74) is -0.718. The second-order valence-corrected chi connectivity index (χ2v) is 5.23. The topological polar surface area (TPSA) is 49.4 Å². The Kier molecular flexibility index (Phi) is 4.86. The molecule has 0 aromatic carbocycles. The van der Waals surface area contributed by atoms with Crippen molar-refractivity contribution < 1.29 is 9.59 Å². The number of hydrogen-bond donors (Lipinski definition) is 2. The monoisotopic (exact) mass is 258 g/mol. The average Bonchev–Trinajstić information content (AvgIpc) is 2.52. The maximum atomic E-state index is 12.1. The molecule has 1 aliphatic heterocycles. The fraction of sp³-hybridized carbons (Fsp3) is 0.833. The third-order valence-corrected chi connectivity index (χ3v) is 3.96. The van der Waals surface area contributed by atoms with Crippen LogP contribution >= 0.6 is 12.6 Å². The fourth-order valence-electron chi connectivity index (χ4n) is 2.06. The lowest BCUT2D eigenvalue weighted by atomic mass is 9.98. The first-order valence-electron chi connectivity index (χ1n) is 6.23. The van der Waals surface area contributed by atoms with Gasteiger partial charge < -0.3 is 5.32 Å². The van der Waals surface area contributed by atoms with Crippen LogP contribution in [0.15, 0.2) is 0 Å². The molecule has 2 atom stereocenters. The number of hydrogen-bond acceptors (Lipinski definition) is 3. The van der Waals surface area contributed by atoms with Crippen molar-refractivity contribution in [3.05, 3.63) is 0 Å². The first kappa shape index (κ1) is 14.4. The van der Waals surface area contributed by atoms with Crippen LogP contribution in [0.1, 0.15) is 40.0 Å². The Morgan fingerprint density at radius 3 is 2.47 bits per heavy atom. The highest BCUT2D eigenvalue weighted by Gasteiger charge is 2.46. The number of carbonyl (C=O) groups is 2. The van der Waals surface area contributed by atoms with Crippen molar-refractivity contribution in [2.24, 2.45) is 5.92 Å². The minimum absolute atomic E-state index is 0.104. The molecule has 0 spiro atoms. The zero-order valence-corrected chi connectivity index (χ0v) is 11.7. The largest absolute Gasteiger partial charge is 0.325 e. The van der Waals surface area contributed by atoms with Crippen molar-refractivity contribution >= 4 is 24.6 Å². The van der Waals surface area contributed by atoms with E-state index < -0.39 is 5.54 Å². The Morgan fingerprint density at radius 2 is 2.06 bits per heavy atom. The molecule has 5 heteroatoms. The normalized spacial score (nSPS) is 26.2. The van der Waals surface area contributed by atoms with Gasteiger partial charge in [0.2, 0.25) is 0 Å². The van der Waals surface area contributed by atoms with Gasteiger partial charge >= 0.3 is 6.03 Å². The number of urea groups is 1. The molecule has 0 bridgehead atoms. The molecule has 0 radical (unpaired) electrons. The van der Waals surface area contributed by atoms with Gasteiger partial charge in [-0.25, -0.2) is 4.79 Å². The van der Waals surface area contributed by atoms with Crippen molar-refractivity contribution in [2.75, 3.05) is 12.3 Å². The Bertz CT molecular complexity index is 309. The summed E-state index contributed by atoms with van der Waals surface area (Å²) in [6.07, 6.45) is 2.65. The van der Waals surface area contributed by atoms with Crippen LogP contribution in [0, 0.1) is 5.92 Å². The van der Waals surface area contributed by atoms with Gasteiger partial charge in [0.15, 0.2) is 0 Å². The van der Waals surface area contributed by atoms with Crippen molar-refractivity contribution in [2.45, 2.75) is 45.6 Å². The molecule has 1 heterocycles. The molecule has 0 aliphatic carbocycles. The zero-order valence-electron chi connectivity index (χ0n) is 10.8. The zero-order chi connectivity index (χ0) is 13.1. The molecular weight excluding hydrogens is 236 g/mol. The van der Waals surface area contributed by atoms with Gasteiger partial charge in [0.25, 0.3) is 5.91 Å². The van der Waals surface area contributed by atoms with E-state index in [0.29, 0.717) is 18.7 Å². The van der Waals surface area contributed by atoms with Gasteiger partial charge in [0, 0.05) is 6.54 Å². The van der Waals surface area contributed by atoms with Crippen molar-refractivity contribution in [3.8, 4) is 0 Å². The minimum atomic E-state index is -0.718. The van der Waals surface area contributed by atoms with Gasteiger partial charge in [0.05, 0.1) is 0 Å². The molecule has 98 valence electrons. The number of nitrogens with zero attached hydrogens (tertiary/aromatic N) is 1. The van der Waals surface area contributed by atoms with E-state index in [4.69, 9.17) is 0 Å². The summed E-state index contributed by atoms with van der Waals surface area (Å²) in [7, 11) is 0. The maximum Gasteiger partial charge on any atom is 0.325 e. The highest BCUT2D eigenvalue weighted by Crippen LogP contribution is 2.23. The summed E-state index contributed by atoms with van der Waals surface area (Å²) in [6.45, 7) is 6.27. The molecular formula is C12H22N2O2S. The molecule has 0 saturated carbocycles. The number of imide groups is 1. The van der Waals surface area contributed by atoms with Crippen LogP contribution in [0.5, 0.6) is 0 Å². The van der Waals surface area contributed by atoms with Crippen LogP contribution < -0.4 is 5.32 Å². The predicted molar refractivity (Wildman–Crippen MR) is 71.2 cm³/mol. The van der Waals surface area contributed by atoms with Crippen molar-refractivity contribution in [1.29, 1.82) is 0 Å². The van der Waals surface area contributed by atoms with Crippen LogP contribution in [0.3, 0.4) is 0 Å². The second-order valence-electron chi connectivity index (χ2n) is 4.87. The molecule has 2 unspecified atom stereocenters. The molecule has 1 aliphatic rings. The van der Waals surface area contributed by atoms with E-state index in [2.05, 4.69) is 24.9 Å². The third-order valence-electron chi connectivity index (χ3n) is 3.45. The Morgan fingerprint density at radius 1 is 1.41 bits per heavy atom. The van der Waals surface area contributed by atoms with Gasteiger partial charge in [0.1, 0.15) is 5.54 Å². The van der Waals surface area contributed by atoms with E-state index in [1.54, 1.807) is 6.92 Å². The average molecular weight is 258 g/mol. The highest BCUT2D eigenvalue weighted by molar-refractivity contribution is 7.80. The lowest BCUT2D eigenvalue weighted by Gasteiger charge is -2.22. The fourth-order valence-corrected chi connectivity index (χ4v) is 2.36. The summed E-state index contributed by atoms with van der Waals surface area (Å²) in [6, 6.07) is -0.262. The summed E-state index contributed by atoms with van der Waals surface area (Å²) in [5, 5.41) is 2.76. The molecule has 1 fully saturated rings. The van der Waals surface area contributed by atoms with Gasteiger partial charge in [-0.15, -0.1) is 0 Å². The van der Waals surface area contributed by atoms with E-state index in [0.717, 1.165) is 12.8 Å². The Hall–Kier alpha value is -0.710. The summed E-state index contributed by atoms with van der Waals surface area (Å²) in [4.78, 5) is 25.3. The number of amides is 3. The summed E-state index contributed by atoms with van der Waals surface area (Å²) in [5.74, 6) is 0.887. The van der Waals surface area contributed by atoms with Gasteiger partial charge in [-0.1, -0.05) is 20.3 Å². The van der Waals surface area contributed by atoms with E-state index >= 15 is 0 Å². The summed E-state index contributed by atoms with van der Waals surface area (Å²) >= 11 is 4.28. The molecule has 1 saturated heterocycles. The first-order valence-corrected chi connectivity index (χ1v) is 6.86. The molecule has 0 aromatic rings. The van der Waals surface area contributed by atoms with Crippen LogP contribution in [0.2, 0.25) is 0 Å². The number of carbonyl (C=O) groups excluding carboxylic acids is 2. The van der Waals surface area contributed by atoms with Gasteiger partial charge in [-0.2, -0.15) is 12.6 Å². The maximum absolute atomic E-state index is 12.1. The minimum Gasteiger partial charge on any atom is -0.323 e. The van der Waals surface area contributed by atoms with Crippen LogP contribution in [0.4, 0.5) is 4.79 Å². The summed E-state index contributed by atoms with van der Waals surface area (Å²) < 4.78 is 0. The molecule has 17 heavy (non-hydrogen) atoms. The Balaban J connectivity index is 2.72. The molecule has 0 aromatic heterocycles. The third kappa shape index (κ3) is 2.94. The SMILES string of the molecule is CCCC(CS)CN1C(=O)NC(C)(CC)C1=O. The van der Waals surface area contributed by atoms with Gasteiger partial charge in [-0.3, -0.25) is 9.69 Å². The van der Waals surface area contributed by atoms with Crippen LogP contribution in [-0.4, -0.2) is 34.7 Å². The molecule has 4 nitrogen and oxygen atoms in total. The first-order chi connectivity index (χ1) is 7.98. The predicted octanol–water partition coefficient (Wildman–Crippen LogP) is 2.05. The van der Waals surface area contributed by atoms with E-state index in [9.17, 15) is 9.59 Å². The van der Waals surface area contributed by atoms with E-state index in [1.807, 2.05) is 6.92 Å². The van der Waals surface area contributed by atoms with E-state index in [1.165, 1.54) is 4.90 Å². The standard InChI is InChI=1S/C12H22N2O2S/c1-4-6-9(8-17)7-14-10(15)12(3,5-2)13-11(14)16/h9,17H,4-8H2,1-3H3,(H,13,16). The molecule has 3 amide bonds. The van der Waals surface area contributed by atoms with Crippen LogP contribution in [0.25, 0.3) is 0 Å². The van der Waals surface area contributed by atoms with Gasteiger partial charge in [-0.05, 0) is 31.4 Å².